The Morgan fingerprint density at radius 2 is 1.79 bits per heavy atom. The third-order valence-electron chi connectivity index (χ3n) is 5.12. The van der Waals surface area contributed by atoms with Gasteiger partial charge in [-0.3, -0.25) is 9.20 Å². The highest BCUT2D eigenvalue weighted by molar-refractivity contribution is 7.15. The summed E-state index contributed by atoms with van der Waals surface area (Å²) in [5.41, 5.74) is 4.26. The van der Waals surface area contributed by atoms with Crippen molar-refractivity contribution in [3.8, 4) is 27.6 Å². The van der Waals surface area contributed by atoms with Crippen molar-refractivity contribution in [3.63, 3.8) is 0 Å². The van der Waals surface area contributed by atoms with Crippen LogP contribution in [0.5, 0.6) is 5.75 Å². The number of amides is 1. The van der Waals surface area contributed by atoms with Crippen LogP contribution in [0.15, 0.2) is 65.5 Å². The zero-order valence-corrected chi connectivity index (χ0v) is 19.3. The predicted molar refractivity (Wildman–Crippen MR) is 128 cm³/mol. The second-order valence-corrected chi connectivity index (χ2v) is 9.03. The van der Waals surface area contributed by atoms with Crippen LogP contribution < -0.4 is 10.1 Å². The lowest BCUT2D eigenvalue weighted by Gasteiger charge is -2.03. The van der Waals surface area contributed by atoms with E-state index < -0.39 is 0 Å². The number of ether oxygens (including phenoxy) is 1. The number of carbonyl (C=O) groups is 1. The molecule has 3 aromatic heterocycles. The van der Waals surface area contributed by atoms with E-state index in [0.717, 1.165) is 43.9 Å². The van der Waals surface area contributed by atoms with Crippen LogP contribution in [0.25, 0.3) is 26.8 Å². The van der Waals surface area contributed by atoms with Crippen molar-refractivity contribution < 1.29 is 13.9 Å². The molecule has 1 amide bonds. The molecule has 0 spiro atoms. The van der Waals surface area contributed by atoms with Crippen LogP contribution in [0.3, 0.4) is 0 Å². The van der Waals surface area contributed by atoms with Crippen LogP contribution in [0.2, 0.25) is 0 Å². The topological polar surface area (TPSA) is 68.5 Å². The molecule has 0 atom stereocenters. The first-order chi connectivity index (χ1) is 16.1. The molecule has 0 bridgehead atoms. The number of carbonyl (C=O) groups excluding carboxylic acids is 1. The van der Waals surface area contributed by atoms with Crippen LogP contribution in [0.1, 0.15) is 11.4 Å². The molecular weight excluding hydrogens is 459 g/mol. The van der Waals surface area contributed by atoms with Crippen molar-refractivity contribution in [2.75, 3.05) is 7.11 Å². The summed E-state index contributed by atoms with van der Waals surface area (Å²) in [7, 11) is 1.64. The molecule has 5 rings (SSSR count). The lowest BCUT2D eigenvalue weighted by atomic mass is 10.2. The number of hydrogen-bond donors (Lipinski definition) is 1. The number of hydrogen-bond acceptors (Lipinski definition) is 6. The highest BCUT2D eigenvalue weighted by Gasteiger charge is 2.13. The summed E-state index contributed by atoms with van der Waals surface area (Å²) in [5.74, 6) is 0.423. The van der Waals surface area contributed by atoms with E-state index in [2.05, 4.69) is 15.3 Å². The Bertz CT molecular complexity index is 1400. The molecule has 5 aromatic rings. The number of thiazole rings is 2. The highest BCUT2D eigenvalue weighted by Crippen LogP contribution is 2.26. The third kappa shape index (κ3) is 4.64. The molecule has 1 N–H and O–H groups in total. The van der Waals surface area contributed by atoms with E-state index in [-0.39, 0.29) is 18.1 Å². The first kappa shape index (κ1) is 21.3. The van der Waals surface area contributed by atoms with Gasteiger partial charge in [-0.2, -0.15) is 0 Å². The zero-order chi connectivity index (χ0) is 22.8. The smallest absolute Gasteiger partial charge is 0.226 e. The number of rotatable bonds is 7. The van der Waals surface area contributed by atoms with Crippen LogP contribution >= 0.6 is 22.7 Å². The summed E-state index contributed by atoms with van der Waals surface area (Å²) in [6, 6.07) is 13.9. The van der Waals surface area contributed by atoms with Gasteiger partial charge in [-0.05, 0) is 48.5 Å². The first-order valence-corrected chi connectivity index (χ1v) is 11.9. The molecule has 0 fully saturated rings. The van der Waals surface area contributed by atoms with Crippen molar-refractivity contribution in [2.24, 2.45) is 0 Å². The molecule has 0 radical (unpaired) electrons. The lowest BCUT2D eigenvalue weighted by Crippen LogP contribution is -2.25. The Labute approximate surface area is 197 Å². The molecule has 0 saturated carbocycles. The van der Waals surface area contributed by atoms with E-state index in [1.807, 2.05) is 45.6 Å². The van der Waals surface area contributed by atoms with Gasteiger partial charge in [-0.1, -0.05) is 0 Å². The molecule has 2 aromatic carbocycles. The molecule has 0 aliphatic carbocycles. The number of imidazole rings is 1. The maximum Gasteiger partial charge on any atom is 0.226 e. The molecular formula is C24H19FN4O2S2. The number of halogens is 1. The fourth-order valence-corrected chi connectivity index (χ4v) is 5.09. The number of fused-ring (bicyclic) bond motifs is 1. The Kier molecular flexibility index (Phi) is 5.89. The fraction of sp³-hybridized carbons (Fsp3) is 0.125. The van der Waals surface area contributed by atoms with Gasteiger partial charge in [0, 0.05) is 33.8 Å². The molecule has 0 saturated heterocycles. The second-order valence-electron chi connectivity index (χ2n) is 7.34. The SMILES string of the molecule is COc1ccc(-c2nc(CNC(=O)Cc3csc4nc(-c5ccc(F)cc5)cn34)cs2)cc1. The van der Waals surface area contributed by atoms with Crippen LogP contribution in [-0.4, -0.2) is 27.4 Å². The van der Waals surface area contributed by atoms with Gasteiger partial charge >= 0.3 is 0 Å². The maximum atomic E-state index is 13.2. The molecule has 0 aliphatic rings. The molecule has 0 unspecified atom stereocenters. The summed E-state index contributed by atoms with van der Waals surface area (Å²) < 4.78 is 20.3. The molecule has 3 heterocycles. The van der Waals surface area contributed by atoms with Gasteiger partial charge in [0.2, 0.25) is 5.91 Å². The van der Waals surface area contributed by atoms with Crippen molar-refractivity contribution in [1.29, 1.82) is 0 Å². The van der Waals surface area contributed by atoms with Crippen molar-refractivity contribution >= 4 is 33.5 Å². The van der Waals surface area contributed by atoms with E-state index in [4.69, 9.17) is 4.74 Å². The number of benzene rings is 2. The quantitative estimate of drug-likeness (QED) is 0.349. The Morgan fingerprint density at radius 3 is 2.55 bits per heavy atom. The molecule has 0 aliphatic heterocycles. The minimum absolute atomic E-state index is 0.0919. The summed E-state index contributed by atoms with van der Waals surface area (Å²) in [4.78, 5) is 22.6. The third-order valence-corrected chi connectivity index (χ3v) is 6.95. The van der Waals surface area contributed by atoms with E-state index in [0.29, 0.717) is 6.54 Å². The Morgan fingerprint density at radius 1 is 1.03 bits per heavy atom. The number of aromatic nitrogens is 3. The maximum absolute atomic E-state index is 13.2. The highest BCUT2D eigenvalue weighted by atomic mass is 32.1. The number of nitrogens with zero attached hydrogens (tertiary/aromatic N) is 3. The van der Waals surface area contributed by atoms with E-state index >= 15 is 0 Å². The van der Waals surface area contributed by atoms with Crippen LogP contribution in [-0.2, 0) is 17.8 Å². The van der Waals surface area contributed by atoms with Crippen molar-refractivity contribution in [3.05, 3.63) is 82.7 Å². The van der Waals surface area contributed by atoms with E-state index in [1.165, 1.54) is 34.8 Å². The largest absolute Gasteiger partial charge is 0.497 e. The second kappa shape index (κ2) is 9.13. The zero-order valence-electron chi connectivity index (χ0n) is 17.6. The summed E-state index contributed by atoms with van der Waals surface area (Å²) in [6.07, 6.45) is 2.11. The minimum Gasteiger partial charge on any atom is -0.497 e. The minimum atomic E-state index is -0.284. The van der Waals surface area contributed by atoms with E-state index in [9.17, 15) is 9.18 Å². The van der Waals surface area contributed by atoms with Crippen molar-refractivity contribution in [1.82, 2.24) is 19.7 Å². The van der Waals surface area contributed by atoms with Crippen molar-refractivity contribution in [2.45, 2.75) is 13.0 Å². The number of nitrogens with one attached hydrogen (secondary N) is 1. The standard InChI is InChI=1S/C24H19FN4O2S2/c1-31-20-8-4-16(5-9-20)23-27-18(13-32-23)11-26-22(30)10-19-14-33-24-28-21(12-29(19)24)15-2-6-17(25)7-3-15/h2-9,12-14H,10-11H2,1H3,(H,26,30). The summed E-state index contributed by atoms with van der Waals surface area (Å²) in [6.45, 7) is 0.365. The number of methoxy groups -OCH3 is 1. The van der Waals surface area contributed by atoms with Crippen LogP contribution in [0.4, 0.5) is 4.39 Å². The molecule has 166 valence electrons. The summed E-state index contributed by atoms with van der Waals surface area (Å²) in [5, 5.41) is 7.72. The molecule has 9 heteroatoms. The molecule has 33 heavy (non-hydrogen) atoms. The van der Waals surface area contributed by atoms with Crippen LogP contribution in [0, 0.1) is 5.82 Å². The predicted octanol–water partition coefficient (Wildman–Crippen LogP) is 5.19. The Hall–Kier alpha value is -3.56. The fourth-order valence-electron chi connectivity index (χ4n) is 3.39. The first-order valence-electron chi connectivity index (χ1n) is 10.2. The van der Waals surface area contributed by atoms with Gasteiger partial charge in [0.25, 0.3) is 0 Å². The summed E-state index contributed by atoms with van der Waals surface area (Å²) >= 11 is 3.01. The average molecular weight is 479 g/mol. The van der Waals surface area contributed by atoms with Gasteiger partial charge in [0.1, 0.15) is 16.6 Å². The lowest BCUT2D eigenvalue weighted by molar-refractivity contribution is -0.120. The van der Waals surface area contributed by atoms with Gasteiger partial charge in [0.05, 0.1) is 31.5 Å². The molecule has 6 nitrogen and oxygen atoms in total. The van der Waals surface area contributed by atoms with Gasteiger partial charge < -0.3 is 10.1 Å². The van der Waals surface area contributed by atoms with Gasteiger partial charge in [-0.25, -0.2) is 14.4 Å². The normalized spacial score (nSPS) is 11.1. The van der Waals surface area contributed by atoms with Gasteiger partial charge in [0.15, 0.2) is 4.96 Å². The average Bonchev–Trinajstić information content (AvgIpc) is 3.56. The van der Waals surface area contributed by atoms with Gasteiger partial charge in [-0.15, -0.1) is 22.7 Å². The monoisotopic (exact) mass is 478 g/mol. The van der Waals surface area contributed by atoms with E-state index in [1.54, 1.807) is 19.2 Å². The Balaban J connectivity index is 1.22.